The molecule has 1 aliphatic carbocycles. The molecule has 0 saturated carbocycles. The summed E-state index contributed by atoms with van der Waals surface area (Å²) in [6.45, 7) is 9.92. The number of ether oxygens (including phenoxy) is 1. The van der Waals surface area contributed by atoms with Gasteiger partial charge in [0.05, 0.1) is 18.3 Å². The van der Waals surface area contributed by atoms with Gasteiger partial charge in [-0.25, -0.2) is 0 Å². The lowest BCUT2D eigenvalue weighted by molar-refractivity contribution is -0.104. The number of allylic oxidation sites excluding steroid dienone is 4. The van der Waals surface area contributed by atoms with Crippen molar-refractivity contribution in [1.82, 2.24) is 4.90 Å². The molecule has 0 aromatic rings. The number of carbonyl (C=O) groups is 1. The number of hydrogen-bond acceptors (Lipinski definition) is 6. The third-order valence-electron chi connectivity index (χ3n) is 4.74. The summed E-state index contributed by atoms with van der Waals surface area (Å²) in [6, 6.07) is 2.03. The quantitative estimate of drug-likeness (QED) is 0.287. The van der Waals surface area contributed by atoms with E-state index in [1.807, 2.05) is 35.7 Å². The number of likely N-dealkylation sites (N-methyl/N-ethyl adjacent to an activating group) is 1. The molecule has 0 amide bonds. The fourth-order valence-corrected chi connectivity index (χ4v) is 5.57. The van der Waals surface area contributed by atoms with E-state index in [0.717, 1.165) is 53.7 Å². The molecule has 0 aromatic heterocycles. The number of hydrogen-bond donors (Lipinski definition) is 0. The summed E-state index contributed by atoms with van der Waals surface area (Å²) in [5.74, 6) is 4.09. The number of aldehydes is 1. The molecular formula is C21H30N2O2S2. The third-order valence-corrected chi connectivity index (χ3v) is 7.18. The van der Waals surface area contributed by atoms with Crippen LogP contribution in [0, 0.1) is 16.7 Å². The minimum absolute atomic E-state index is 0.0366. The molecule has 148 valence electrons. The predicted molar refractivity (Wildman–Crippen MR) is 116 cm³/mol. The molecule has 0 bridgehead atoms. The smallest absolute Gasteiger partial charge is 0.160 e. The van der Waals surface area contributed by atoms with E-state index in [1.54, 1.807) is 0 Å². The van der Waals surface area contributed by atoms with Crippen molar-refractivity contribution in [2.24, 2.45) is 5.41 Å². The van der Waals surface area contributed by atoms with Crippen LogP contribution in [-0.2, 0) is 9.53 Å². The van der Waals surface area contributed by atoms with Crippen LogP contribution in [0.4, 0.5) is 0 Å². The van der Waals surface area contributed by atoms with Crippen molar-refractivity contribution >= 4 is 29.8 Å². The second kappa shape index (κ2) is 10.4. The van der Waals surface area contributed by atoms with Gasteiger partial charge in [-0.15, -0.1) is 0 Å². The topological polar surface area (TPSA) is 53.3 Å². The summed E-state index contributed by atoms with van der Waals surface area (Å²) in [5.41, 5.74) is 3.60. The van der Waals surface area contributed by atoms with Gasteiger partial charge in [0.25, 0.3) is 0 Å². The molecule has 0 aromatic carbocycles. The molecule has 0 spiro atoms. The Kier molecular flexibility index (Phi) is 8.53. The Labute approximate surface area is 172 Å². The molecule has 1 saturated heterocycles. The van der Waals surface area contributed by atoms with Crippen LogP contribution in [0.25, 0.3) is 0 Å². The van der Waals surface area contributed by atoms with Crippen LogP contribution in [-0.4, -0.2) is 60.5 Å². The van der Waals surface area contributed by atoms with Gasteiger partial charge < -0.3 is 9.64 Å². The molecule has 1 heterocycles. The van der Waals surface area contributed by atoms with Gasteiger partial charge in [0.2, 0.25) is 0 Å². The Balaban J connectivity index is 1.93. The van der Waals surface area contributed by atoms with Crippen LogP contribution >= 0.6 is 23.5 Å². The first-order valence-corrected chi connectivity index (χ1v) is 11.6. The molecule has 1 aliphatic heterocycles. The summed E-state index contributed by atoms with van der Waals surface area (Å²) in [7, 11) is 2.06. The van der Waals surface area contributed by atoms with Crippen molar-refractivity contribution < 1.29 is 9.53 Å². The first-order valence-electron chi connectivity index (χ1n) is 9.28. The largest absolute Gasteiger partial charge is 0.376 e. The first kappa shape index (κ1) is 22.1. The lowest BCUT2D eigenvalue weighted by Crippen LogP contribution is -2.31. The minimum atomic E-state index is 0.0366. The first-order chi connectivity index (χ1) is 12.8. The Morgan fingerprint density at radius 2 is 2.07 bits per heavy atom. The molecule has 1 fully saturated rings. The fraction of sp³-hybridized carbons (Fsp3) is 0.619. The molecule has 0 unspecified atom stereocenters. The van der Waals surface area contributed by atoms with E-state index in [-0.39, 0.29) is 17.1 Å². The van der Waals surface area contributed by atoms with Gasteiger partial charge >= 0.3 is 0 Å². The van der Waals surface area contributed by atoms with Gasteiger partial charge in [-0.05, 0) is 29.9 Å². The van der Waals surface area contributed by atoms with Crippen LogP contribution in [0.1, 0.15) is 26.7 Å². The summed E-state index contributed by atoms with van der Waals surface area (Å²) in [6.07, 6.45) is 4.67. The van der Waals surface area contributed by atoms with E-state index in [9.17, 15) is 10.1 Å². The lowest BCUT2D eigenvalue weighted by atomic mass is 9.76. The Morgan fingerprint density at radius 3 is 2.67 bits per heavy atom. The van der Waals surface area contributed by atoms with Crippen LogP contribution < -0.4 is 0 Å². The van der Waals surface area contributed by atoms with Crippen LogP contribution in [0.5, 0.6) is 0 Å². The highest BCUT2D eigenvalue weighted by molar-refractivity contribution is 8.01. The SMILES string of the molecule is C=C1CSCC(OCCN(C)C2=C/C(=C(\C#N)C=O)CC(C)(C)C2)CSC1. The monoisotopic (exact) mass is 406 g/mol. The number of rotatable bonds is 6. The average Bonchev–Trinajstić information content (AvgIpc) is 2.59. The summed E-state index contributed by atoms with van der Waals surface area (Å²) < 4.78 is 6.12. The zero-order chi connectivity index (χ0) is 19.9. The molecule has 0 N–H and O–H groups in total. The van der Waals surface area contributed by atoms with Crippen LogP contribution in [0.15, 0.2) is 35.1 Å². The molecule has 27 heavy (non-hydrogen) atoms. The maximum atomic E-state index is 11.2. The highest BCUT2D eigenvalue weighted by Crippen LogP contribution is 2.39. The fourth-order valence-electron chi connectivity index (χ4n) is 3.32. The zero-order valence-electron chi connectivity index (χ0n) is 16.6. The van der Waals surface area contributed by atoms with Crippen molar-refractivity contribution in [1.29, 1.82) is 5.26 Å². The number of carbonyl (C=O) groups excluding carboxylic acids is 1. The van der Waals surface area contributed by atoms with E-state index in [0.29, 0.717) is 12.9 Å². The standard InChI is InChI=1S/C21H30N2O2S2/c1-16-12-26-14-20(15-27-13-16)25-6-5-23(4)19-7-17(18(10-22)11-24)8-21(2,3)9-19/h7,11,20H,1,5-6,8-9,12-15H2,2-4H3/b18-17-. The average molecular weight is 407 g/mol. The number of nitrogens with zero attached hydrogens (tertiary/aromatic N) is 2. The van der Waals surface area contributed by atoms with Crippen LogP contribution in [0.2, 0.25) is 0 Å². The molecule has 4 nitrogen and oxygen atoms in total. The van der Waals surface area contributed by atoms with Gasteiger partial charge in [-0.2, -0.15) is 28.8 Å². The van der Waals surface area contributed by atoms with Crippen molar-refractivity contribution in [3.05, 3.63) is 35.1 Å². The van der Waals surface area contributed by atoms with Crippen LogP contribution in [0.3, 0.4) is 0 Å². The summed E-state index contributed by atoms with van der Waals surface area (Å²) in [5, 5.41) is 9.21. The Bertz CT molecular complexity index is 650. The van der Waals surface area contributed by atoms with Crippen molar-refractivity contribution in [2.75, 3.05) is 43.2 Å². The zero-order valence-corrected chi connectivity index (χ0v) is 18.3. The second-order valence-electron chi connectivity index (χ2n) is 8.02. The summed E-state index contributed by atoms with van der Waals surface area (Å²) >= 11 is 3.82. The predicted octanol–water partition coefficient (Wildman–Crippen LogP) is 4.06. The van der Waals surface area contributed by atoms with E-state index in [2.05, 4.69) is 32.4 Å². The van der Waals surface area contributed by atoms with Crippen molar-refractivity contribution in [2.45, 2.75) is 32.8 Å². The van der Waals surface area contributed by atoms with Gasteiger partial charge in [0.1, 0.15) is 6.07 Å². The molecule has 0 radical (unpaired) electrons. The van der Waals surface area contributed by atoms with Gasteiger partial charge in [-0.1, -0.05) is 26.0 Å². The maximum absolute atomic E-state index is 11.2. The molecular weight excluding hydrogens is 376 g/mol. The van der Waals surface area contributed by atoms with Gasteiger partial charge in [0, 0.05) is 42.3 Å². The molecule has 2 rings (SSSR count). The normalized spacial score (nSPS) is 22.9. The highest BCUT2D eigenvalue weighted by Gasteiger charge is 2.28. The summed E-state index contributed by atoms with van der Waals surface area (Å²) in [4.78, 5) is 13.4. The minimum Gasteiger partial charge on any atom is -0.376 e. The number of nitriles is 1. The Hall–Kier alpha value is -1.16. The van der Waals surface area contributed by atoms with Gasteiger partial charge in [0.15, 0.2) is 6.29 Å². The van der Waals surface area contributed by atoms with Gasteiger partial charge in [-0.3, -0.25) is 4.79 Å². The van der Waals surface area contributed by atoms with Crippen molar-refractivity contribution in [3.63, 3.8) is 0 Å². The Morgan fingerprint density at radius 1 is 1.41 bits per heavy atom. The van der Waals surface area contributed by atoms with E-state index >= 15 is 0 Å². The number of thioether (sulfide) groups is 2. The maximum Gasteiger partial charge on any atom is 0.160 e. The molecule has 2 aliphatic rings. The second-order valence-corrected chi connectivity index (χ2v) is 10.1. The lowest BCUT2D eigenvalue weighted by Gasteiger charge is -2.36. The highest BCUT2D eigenvalue weighted by atomic mass is 32.2. The van der Waals surface area contributed by atoms with E-state index < -0.39 is 0 Å². The van der Waals surface area contributed by atoms with E-state index in [4.69, 9.17) is 4.74 Å². The molecule has 0 atom stereocenters. The van der Waals surface area contributed by atoms with E-state index in [1.165, 1.54) is 5.57 Å². The molecule has 6 heteroatoms. The third kappa shape index (κ3) is 7.06. The van der Waals surface area contributed by atoms with Crippen molar-refractivity contribution in [3.8, 4) is 6.07 Å².